The molecule has 1 fully saturated rings. The third-order valence-corrected chi connectivity index (χ3v) is 4.84. The number of carbonyl (C=O) groups is 1. The first-order valence-corrected chi connectivity index (χ1v) is 8.67. The average molecular weight is 361 g/mol. The number of amides is 1. The lowest BCUT2D eigenvalue weighted by Crippen LogP contribution is -2.34. The van der Waals surface area contributed by atoms with Crippen molar-refractivity contribution in [2.45, 2.75) is 31.2 Å². The topological polar surface area (TPSA) is 80.5 Å². The van der Waals surface area contributed by atoms with Gasteiger partial charge >= 0.3 is 0 Å². The lowest BCUT2D eigenvalue weighted by Gasteiger charge is -2.22. The van der Waals surface area contributed by atoms with E-state index in [2.05, 4.69) is 22.9 Å². The fourth-order valence-electron chi connectivity index (χ4n) is 2.60. The molecular weight excluding hydrogens is 344 g/mol. The SMILES string of the molecule is CC1CC(C)N(C(=O)c2cc(Br)cc(S(N)(=O)=O)c2)C1. The predicted octanol–water partition coefficient (Wildman–Crippen LogP) is 1.97. The van der Waals surface area contributed by atoms with Crippen molar-refractivity contribution in [1.29, 1.82) is 0 Å². The van der Waals surface area contributed by atoms with Crippen LogP contribution < -0.4 is 5.14 Å². The molecule has 5 nitrogen and oxygen atoms in total. The van der Waals surface area contributed by atoms with Crippen LogP contribution in [0.25, 0.3) is 0 Å². The number of likely N-dealkylation sites (tertiary alicyclic amines) is 1. The Bertz CT molecular complexity index is 645. The van der Waals surface area contributed by atoms with Crippen molar-refractivity contribution in [3.63, 3.8) is 0 Å². The minimum atomic E-state index is -3.83. The van der Waals surface area contributed by atoms with Crippen LogP contribution in [-0.2, 0) is 10.0 Å². The summed E-state index contributed by atoms with van der Waals surface area (Å²) in [4.78, 5) is 14.2. The third kappa shape index (κ3) is 3.21. The van der Waals surface area contributed by atoms with Gasteiger partial charge in [-0.15, -0.1) is 0 Å². The zero-order valence-electron chi connectivity index (χ0n) is 11.3. The molecule has 1 aromatic rings. The van der Waals surface area contributed by atoms with E-state index >= 15 is 0 Å². The number of benzene rings is 1. The highest BCUT2D eigenvalue weighted by Crippen LogP contribution is 2.26. The molecule has 20 heavy (non-hydrogen) atoms. The highest BCUT2D eigenvalue weighted by Gasteiger charge is 2.31. The monoisotopic (exact) mass is 360 g/mol. The molecule has 1 saturated heterocycles. The van der Waals surface area contributed by atoms with Crippen LogP contribution in [-0.4, -0.2) is 31.8 Å². The van der Waals surface area contributed by atoms with E-state index in [1.165, 1.54) is 12.1 Å². The molecule has 7 heteroatoms. The molecule has 1 heterocycles. The molecule has 0 aliphatic carbocycles. The number of hydrogen-bond donors (Lipinski definition) is 1. The standard InChI is InChI=1S/C13H17BrN2O3S/c1-8-3-9(2)16(7-8)13(17)10-4-11(14)6-12(5-10)20(15,18)19/h4-6,8-9H,3,7H2,1-2H3,(H2,15,18,19). The maximum Gasteiger partial charge on any atom is 0.254 e. The minimum Gasteiger partial charge on any atom is -0.336 e. The first kappa shape index (κ1) is 15.5. The second-order valence-electron chi connectivity index (χ2n) is 5.37. The molecule has 1 aliphatic heterocycles. The average Bonchev–Trinajstić information content (AvgIpc) is 2.65. The van der Waals surface area contributed by atoms with E-state index in [9.17, 15) is 13.2 Å². The molecule has 110 valence electrons. The van der Waals surface area contributed by atoms with Crippen molar-refractivity contribution < 1.29 is 13.2 Å². The van der Waals surface area contributed by atoms with Crippen LogP contribution in [0.3, 0.4) is 0 Å². The van der Waals surface area contributed by atoms with E-state index in [-0.39, 0.29) is 16.8 Å². The summed E-state index contributed by atoms with van der Waals surface area (Å²) in [6.07, 6.45) is 0.960. The second-order valence-corrected chi connectivity index (χ2v) is 7.85. The zero-order chi connectivity index (χ0) is 15.1. The molecule has 0 spiro atoms. The molecular formula is C13H17BrN2O3S. The van der Waals surface area contributed by atoms with E-state index in [0.717, 1.165) is 6.42 Å². The van der Waals surface area contributed by atoms with Gasteiger partial charge in [-0.05, 0) is 37.5 Å². The molecule has 2 rings (SSSR count). The fraction of sp³-hybridized carbons (Fsp3) is 0.462. The van der Waals surface area contributed by atoms with E-state index in [1.807, 2.05) is 6.92 Å². The van der Waals surface area contributed by atoms with Crippen molar-refractivity contribution in [3.8, 4) is 0 Å². The van der Waals surface area contributed by atoms with Gasteiger partial charge in [-0.25, -0.2) is 13.6 Å². The van der Waals surface area contributed by atoms with E-state index in [0.29, 0.717) is 22.5 Å². The van der Waals surface area contributed by atoms with E-state index in [1.54, 1.807) is 11.0 Å². The van der Waals surface area contributed by atoms with Gasteiger partial charge in [0.05, 0.1) is 4.90 Å². The van der Waals surface area contributed by atoms with Gasteiger partial charge < -0.3 is 4.90 Å². The highest BCUT2D eigenvalue weighted by atomic mass is 79.9. The summed E-state index contributed by atoms with van der Waals surface area (Å²) >= 11 is 3.22. The molecule has 2 atom stereocenters. The number of carbonyl (C=O) groups excluding carboxylic acids is 1. The Morgan fingerprint density at radius 1 is 1.35 bits per heavy atom. The normalized spacial score (nSPS) is 23.1. The molecule has 1 aromatic carbocycles. The summed E-state index contributed by atoms with van der Waals surface area (Å²) in [5.41, 5.74) is 0.337. The second kappa shape index (κ2) is 5.46. The van der Waals surface area contributed by atoms with Gasteiger partial charge in [0.1, 0.15) is 0 Å². The first-order valence-electron chi connectivity index (χ1n) is 6.33. The number of halogens is 1. The van der Waals surface area contributed by atoms with Crippen LogP contribution in [0, 0.1) is 5.92 Å². The first-order chi connectivity index (χ1) is 9.18. The Morgan fingerprint density at radius 2 is 2.00 bits per heavy atom. The summed E-state index contributed by atoms with van der Waals surface area (Å²) in [7, 11) is -3.83. The molecule has 2 N–H and O–H groups in total. The highest BCUT2D eigenvalue weighted by molar-refractivity contribution is 9.10. The maximum absolute atomic E-state index is 12.5. The van der Waals surface area contributed by atoms with Gasteiger partial charge in [0, 0.05) is 22.6 Å². The van der Waals surface area contributed by atoms with Crippen LogP contribution >= 0.6 is 15.9 Å². The van der Waals surface area contributed by atoms with Crippen molar-refractivity contribution in [2.24, 2.45) is 11.1 Å². The van der Waals surface area contributed by atoms with Crippen molar-refractivity contribution >= 4 is 31.9 Å². The molecule has 0 aromatic heterocycles. The van der Waals surface area contributed by atoms with Crippen molar-refractivity contribution in [3.05, 3.63) is 28.2 Å². The summed E-state index contributed by atoms with van der Waals surface area (Å²) in [5, 5.41) is 5.12. The minimum absolute atomic E-state index is 0.0601. The van der Waals surface area contributed by atoms with Crippen molar-refractivity contribution in [2.75, 3.05) is 6.54 Å². The van der Waals surface area contributed by atoms with Crippen LogP contribution in [0.2, 0.25) is 0 Å². The summed E-state index contributed by atoms with van der Waals surface area (Å²) in [6.45, 7) is 4.79. The number of nitrogens with zero attached hydrogens (tertiary/aromatic N) is 1. The van der Waals surface area contributed by atoms with Crippen LogP contribution in [0.4, 0.5) is 0 Å². The van der Waals surface area contributed by atoms with Gasteiger partial charge in [-0.3, -0.25) is 4.79 Å². The quantitative estimate of drug-likeness (QED) is 0.875. The molecule has 2 unspecified atom stereocenters. The predicted molar refractivity (Wildman–Crippen MR) is 79.8 cm³/mol. The van der Waals surface area contributed by atoms with Gasteiger partial charge in [0.15, 0.2) is 0 Å². The molecule has 1 amide bonds. The lowest BCUT2D eigenvalue weighted by molar-refractivity contribution is 0.0743. The van der Waals surface area contributed by atoms with Gasteiger partial charge in [0.2, 0.25) is 10.0 Å². The van der Waals surface area contributed by atoms with Gasteiger partial charge in [-0.1, -0.05) is 22.9 Å². The number of hydrogen-bond acceptors (Lipinski definition) is 3. The van der Waals surface area contributed by atoms with Crippen molar-refractivity contribution in [1.82, 2.24) is 4.90 Å². The van der Waals surface area contributed by atoms with Gasteiger partial charge in [0.25, 0.3) is 5.91 Å². The number of rotatable bonds is 2. The van der Waals surface area contributed by atoms with Crippen LogP contribution in [0.5, 0.6) is 0 Å². The number of primary sulfonamides is 1. The molecule has 1 aliphatic rings. The Labute approximate surface area is 127 Å². The smallest absolute Gasteiger partial charge is 0.254 e. The van der Waals surface area contributed by atoms with Gasteiger partial charge in [-0.2, -0.15) is 0 Å². The van der Waals surface area contributed by atoms with Crippen LogP contribution in [0.15, 0.2) is 27.6 Å². The summed E-state index contributed by atoms with van der Waals surface area (Å²) in [6, 6.07) is 4.50. The number of sulfonamides is 1. The Balaban J connectivity index is 2.38. The molecule has 0 saturated carbocycles. The largest absolute Gasteiger partial charge is 0.336 e. The molecule has 0 bridgehead atoms. The zero-order valence-corrected chi connectivity index (χ0v) is 13.7. The summed E-state index contributed by atoms with van der Waals surface area (Å²) < 4.78 is 23.4. The Kier molecular flexibility index (Phi) is 4.22. The Hall–Kier alpha value is -0.920. The number of nitrogens with two attached hydrogens (primary N) is 1. The van der Waals surface area contributed by atoms with E-state index in [4.69, 9.17) is 5.14 Å². The third-order valence-electron chi connectivity index (χ3n) is 3.49. The summed E-state index contributed by atoms with van der Waals surface area (Å²) in [5.74, 6) is 0.298. The van der Waals surface area contributed by atoms with Crippen LogP contribution in [0.1, 0.15) is 30.6 Å². The molecule has 0 radical (unpaired) electrons. The Morgan fingerprint density at radius 3 is 2.50 bits per heavy atom. The lowest BCUT2D eigenvalue weighted by atomic mass is 10.1. The van der Waals surface area contributed by atoms with E-state index < -0.39 is 10.0 Å². The maximum atomic E-state index is 12.5. The fourth-order valence-corrected chi connectivity index (χ4v) is 3.83.